The van der Waals surface area contributed by atoms with Crippen molar-refractivity contribution in [3.05, 3.63) is 28.8 Å². The Hall–Kier alpha value is -2.08. The second kappa shape index (κ2) is 6.43. The zero-order valence-electron chi connectivity index (χ0n) is 13.8. The predicted octanol–water partition coefficient (Wildman–Crippen LogP) is 1.79. The van der Waals surface area contributed by atoms with E-state index in [4.69, 9.17) is 11.6 Å². The van der Waals surface area contributed by atoms with E-state index in [1.807, 2.05) is 13.0 Å². The second-order valence-corrected chi connectivity index (χ2v) is 6.72. The van der Waals surface area contributed by atoms with E-state index < -0.39 is 0 Å². The summed E-state index contributed by atoms with van der Waals surface area (Å²) < 4.78 is 0. The zero-order chi connectivity index (χ0) is 17.4. The molecule has 6 nitrogen and oxygen atoms in total. The fourth-order valence-electron chi connectivity index (χ4n) is 2.94. The van der Waals surface area contributed by atoms with Gasteiger partial charge in [-0.2, -0.15) is 0 Å². The minimum absolute atomic E-state index is 0.0290. The summed E-state index contributed by atoms with van der Waals surface area (Å²) in [4.78, 5) is 41.1. The summed E-state index contributed by atoms with van der Waals surface area (Å²) in [6, 6.07) is 5.55. The van der Waals surface area contributed by atoms with Crippen molar-refractivity contribution in [1.29, 1.82) is 0 Å². The number of rotatable bonds is 4. The normalized spacial score (nSPS) is 17.4. The van der Waals surface area contributed by atoms with Gasteiger partial charge in [-0.3, -0.25) is 19.3 Å². The molecule has 1 heterocycles. The van der Waals surface area contributed by atoms with Gasteiger partial charge in [0.2, 0.25) is 17.7 Å². The Morgan fingerprint density at radius 1 is 1.33 bits per heavy atom. The van der Waals surface area contributed by atoms with Crippen LogP contribution in [0.5, 0.6) is 0 Å². The fourth-order valence-corrected chi connectivity index (χ4v) is 3.11. The lowest BCUT2D eigenvalue weighted by molar-refractivity contribution is -0.139. The highest BCUT2D eigenvalue weighted by Gasteiger charge is 2.36. The van der Waals surface area contributed by atoms with Crippen LogP contribution in [0, 0.1) is 6.92 Å². The number of halogens is 1. The van der Waals surface area contributed by atoms with Gasteiger partial charge in [0.15, 0.2) is 0 Å². The first kappa shape index (κ1) is 16.8. The molecule has 3 amide bonds. The van der Waals surface area contributed by atoms with E-state index in [1.54, 1.807) is 21.9 Å². The van der Waals surface area contributed by atoms with Crippen molar-refractivity contribution in [2.24, 2.45) is 0 Å². The van der Waals surface area contributed by atoms with Gasteiger partial charge in [0.1, 0.15) is 19.8 Å². The van der Waals surface area contributed by atoms with Gasteiger partial charge in [-0.1, -0.05) is 17.7 Å². The molecule has 0 N–H and O–H groups in total. The van der Waals surface area contributed by atoms with Crippen molar-refractivity contribution in [2.75, 3.05) is 24.7 Å². The van der Waals surface area contributed by atoms with E-state index in [0.29, 0.717) is 10.7 Å². The Balaban J connectivity index is 1.71. The first-order valence-electron chi connectivity index (χ1n) is 7.99. The van der Waals surface area contributed by atoms with Crippen LogP contribution in [0.1, 0.15) is 25.3 Å². The molecule has 0 spiro atoms. The Kier molecular flexibility index (Phi) is 4.49. The molecule has 24 heavy (non-hydrogen) atoms. The quantitative estimate of drug-likeness (QED) is 0.832. The number of hydrogen-bond acceptors (Lipinski definition) is 3. The fraction of sp³-hybridized carbons (Fsp3) is 0.471. The largest absolute Gasteiger partial charge is 0.331 e. The zero-order valence-corrected chi connectivity index (χ0v) is 14.5. The maximum Gasteiger partial charge on any atom is 0.248 e. The summed E-state index contributed by atoms with van der Waals surface area (Å²) >= 11 is 6.12. The SMILES string of the molecule is CC(=O)N(CC(=O)N1CC(=O)N(c2cccc(Cl)c2C)C1)C1CC1. The summed E-state index contributed by atoms with van der Waals surface area (Å²) in [5.41, 5.74) is 1.53. The van der Waals surface area contributed by atoms with E-state index in [0.717, 1.165) is 18.4 Å². The standard InChI is InChI=1S/C17H20ClN3O3/c1-11-14(18)4-3-5-15(11)21-10-19(8-17(21)24)16(23)9-20(12(2)22)13-6-7-13/h3-5,13H,6-10H2,1-2H3. The molecule has 0 bridgehead atoms. The number of hydrogen-bond donors (Lipinski definition) is 0. The third-order valence-corrected chi connectivity index (χ3v) is 4.93. The van der Waals surface area contributed by atoms with E-state index in [1.165, 1.54) is 11.8 Å². The van der Waals surface area contributed by atoms with Crippen molar-refractivity contribution in [1.82, 2.24) is 9.80 Å². The second-order valence-electron chi connectivity index (χ2n) is 6.32. The molecule has 1 aliphatic carbocycles. The van der Waals surface area contributed by atoms with E-state index in [2.05, 4.69) is 0 Å². The van der Waals surface area contributed by atoms with Gasteiger partial charge in [0.05, 0.1) is 0 Å². The van der Waals surface area contributed by atoms with Gasteiger partial charge in [0.25, 0.3) is 0 Å². The van der Waals surface area contributed by atoms with Gasteiger partial charge in [-0.15, -0.1) is 0 Å². The molecule has 7 heteroatoms. The van der Waals surface area contributed by atoms with Crippen LogP contribution in [-0.2, 0) is 14.4 Å². The summed E-state index contributed by atoms with van der Waals surface area (Å²) in [6.45, 7) is 3.58. The number of amides is 3. The minimum atomic E-state index is -0.201. The van der Waals surface area contributed by atoms with Gasteiger partial charge in [-0.25, -0.2) is 0 Å². The molecule has 1 aromatic carbocycles. The van der Waals surface area contributed by atoms with Crippen LogP contribution in [0.25, 0.3) is 0 Å². The molecule has 0 atom stereocenters. The number of nitrogens with zero attached hydrogens (tertiary/aromatic N) is 3. The molecular weight excluding hydrogens is 330 g/mol. The molecule has 2 fully saturated rings. The van der Waals surface area contributed by atoms with Gasteiger partial charge < -0.3 is 9.80 Å². The van der Waals surface area contributed by atoms with Gasteiger partial charge >= 0.3 is 0 Å². The van der Waals surface area contributed by atoms with Crippen molar-refractivity contribution < 1.29 is 14.4 Å². The Morgan fingerprint density at radius 2 is 2.04 bits per heavy atom. The topological polar surface area (TPSA) is 60.9 Å². The molecule has 0 unspecified atom stereocenters. The van der Waals surface area contributed by atoms with Crippen molar-refractivity contribution in [3.63, 3.8) is 0 Å². The highest BCUT2D eigenvalue weighted by molar-refractivity contribution is 6.31. The predicted molar refractivity (Wildman–Crippen MR) is 90.7 cm³/mol. The Morgan fingerprint density at radius 3 is 2.67 bits per heavy atom. The maximum atomic E-state index is 12.5. The van der Waals surface area contributed by atoms with E-state index in [-0.39, 0.29) is 43.5 Å². The van der Waals surface area contributed by atoms with Crippen LogP contribution in [-0.4, -0.2) is 53.3 Å². The van der Waals surface area contributed by atoms with Gasteiger partial charge in [0, 0.05) is 23.7 Å². The Bertz CT molecular complexity index is 702. The lowest BCUT2D eigenvalue weighted by Crippen LogP contribution is -2.43. The Labute approximate surface area is 146 Å². The third-order valence-electron chi connectivity index (χ3n) is 4.52. The lowest BCUT2D eigenvalue weighted by Gasteiger charge is -2.24. The van der Waals surface area contributed by atoms with Crippen molar-refractivity contribution in [2.45, 2.75) is 32.7 Å². The molecule has 0 radical (unpaired) electrons. The molecule has 1 saturated heterocycles. The number of benzene rings is 1. The summed E-state index contributed by atoms with van der Waals surface area (Å²) in [7, 11) is 0. The molecule has 1 aromatic rings. The average molecular weight is 350 g/mol. The average Bonchev–Trinajstić information content (AvgIpc) is 3.29. The van der Waals surface area contributed by atoms with Crippen molar-refractivity contribution in [3.8, 4) is 0 Å². The van der Waals surface area contributed by atoms with E-state index >= 15 is 0 Å². The summed E-state index contributed by atoms with van der Waals surface area (Å²) in [5, 5.41) is 0.585. The van der Waals surface area contributed by atoms with Crippen LogP contribution in [0.15, 0.2) is 18.2 Å². The molecule has 1 aliphatic heterocycles. The van der Waals surface area contributed by atoms with Crippen LogP contribution >= 0.6 is 11.6 Å². The van der Waals surface area contributed by atoms with Crippen LogP contribution < -0.4 is 4.90 Å². The molecule has 1 saturated carbocycles. The van der Waals surface area contributed by atoms with Crippen LogP contribution in [0.2, 0.25) is 5.02 Å². The molecular formula is C17H20ClN3O3. The minimum Gasteiger partial charge on any atom is -0.331 e. The molecule has 128 valence electrons. The lowest BCUT2D eigenvalue weighted by atomic mass is 10.2. The monoisotopic (exact) mass is 349 g/mol. The number of anilines is 1. The summed E-state index contributed by atoms with van der Waals surface area (Å²) in [6.07, 6.45) is 1.89. The maximum absolute atomic E-state index is 12.5. The van der Waals surface area contributed by atoms with Crippen LogP contribution in [0.4, 0.5) is 5.69 Å². The summed E-state index contributed by atoms with van der Waals surface area (Å²) in [5.74, 6) is -0.443. The highest BCUT2D eigenvalue weighted by atomic mass is 35.5. The number of carbonyl (C=O) groups excluding carboxylic acids is 3. The molecule has 0 aromatic heterocycles. The first-order valence-corrected chi connectivity index (χ1v) is 8.36. The first-order chi connectivity index (χ1) is 11.4. The smallest absolute Gasteiger partial charge is 0.248 e. The molecule has 3 rings (SSSR count). The highest BCUT2D eigenvalue weighted by Crippen LogP contribution is 2.29. The van der Waals surface area contributed by atoms with Crippen LogP contribution in [0.3, 0.4) is 0 Å². The third kappa shape index (κ3) is 3.24. The number of carbonyl (C=O) groups is 3. The van der Waals surface area contributed by atoms with Gasteiger partial charge in [-0.05, 0) is 37.5 Å². The molecule has 2 aliphatic rings. The van der Waals surface area contributed by atoms with Crippen molar-refractivity contribution >= 4 is 35.0 Å². The van der Waals surface area contributed by atoms with E-state index in [9.17, 15) is 14.4 Å².